The molecule has 2 heterocycles. The monoisotopic (exact) mass is 401 g/mol. The number of nitrogens with one attached hydrogen (secondary N) is 1. The average molecular weight is 401 g/mol. The summed E-state index contributed by atoms with van der Waals surface area (Å²) in [6.45, 7) is 1.06. The summed E-state index contributed by atoms with van der Waals surface area (Å²) in [6.07, 6.45) is 1.50. The van der Waals surface area contributed by atoms with Gasteiger partial charge in [-0.15, -0.1) is 0 Å². The summed E-state index contributed by atoms with van der Waals surface area (Å²) in [6, 6.07) is 9.09. The van der Waals surface area contributed by atoms with Crippen molar-refractivity contribution in [3.8, 4) is 11.5 Å². The van der Waals surface area contributed by atoms with E-state index in [0.717, 1.165) is 27.8 Å². The van der Waals surface area contributed by atoms with Crippen LogP contribution in [0.15, 0.2) is 36.7 Å². The minimum absolute atomic E-state index is 0.472. The highest BCUT2D eigenvalue weighted by molar-refractivity contribution is 7.90. The predicted molar refractivity (Wildman–Crippen MR) is 106 cm³/mol. The zero-order chi connectivity index (χ0) is 19.9. The standard InChI is InChI=1S/C18H19N5O4S/c1-26-16-6-12-15(7-17(16)27-2)20-10-21-18(12)23-8-11-4-3-5-14(13(11)9-23)22-28(19,24)25/h3-7,10,22H,8-9H2,1-2H3,(H2,19,24,25). The van der Waals surface area contributed by atoms with Crippen LogP contribution in [0, 0.1) is 0 Å². The Labute approximate surface area is 162 Å². The third-order valence-corrected chi connectivity index (χ3v) is 5.16. The third-order valence-electron chi connectivity index (χ3n) is 4.65. The largest absolute Gasteiger partial charge is 0.493 e. The number of aromatic nitrogens is 2. The molecular formula is C18H19N5O4S. The van der Waals surface area contributed by atoms with Crippen molar-refractivity contribution in [3.05, 3.63) is 47.8 Å². The number of methoxy groups -OCH3 is 2. The molecule has 4 rings (SSSR count). The maximum absolute atomic E-state index is 11.5. The van der Waals surface area contributed by atoms with E-state index >= 15 is 0 Å². The second kappa shape index (κ2) is 6.80. The molecule has 2 aromatic carbocycles. The zero-order valence-corrected chi connectivity index (χ0v) is 16.2. The molecule has 10 heteroatoms. The fourth-order valence-electron chi connectivity index (χ4n) is 3.44. The van der Waals surface area contributed by atoms with Gasteiger partial charge in [-0.3, -0.25) is 4.72 Å². The molecule has 0 spiro atoms. The molecule has 146 valence electrons. The fourth-order valence-corrected chi connectivity index (χ4v) is 3.94. The first-order chi connectivity index (χ1) is 13.4. The number of hydrogen-bond donors (Lipinski definition) is 2. The molecule has 0 unspecified atom stereocenters. The van der Waals surface area contributed by atoms with Crippen LogP contribution in [0.3, 0.4) is 0 Å². The Balaban J connectivity index is 1.76. The van der Waals surface area contributed by atoms with Gasteiger partial charge in [-0.1, -0.05) is 12.1 Å². The van der Waals surface area contributed by atoms with Crippen LogP contribution in [0.5, 0.6) is 11.5 Å². The van der Waals surface area contributed by atoms with Gasteiger partial charge >= 0.3 is 0 Å². The number of anilines is 2. The summed E-state index contributed by atoms with van der Waals surface area (Å²) >= 11 is 0. The number of nitrogens with zero attached hydrogens (tertiary/aromatic N) is 3. The van der Waals surface area contributed by atoms with E-state index in [2.05, 4.69) is 19.6 Å². The van der Waals surface area contributed by atoms with Gasteiger partial charge in [-0.2, -0.15) is 8.42 Å². The van der Waals surface area contributed by atoms with Gasteiger partial charge in [0.2, 0.25) is 0 Å². The van der Waals surface area contributed by atoms with Gasteiger partial charge in [0.15, 0.2) is 11.5 Å². The molecule has 0 fully saturated rings. The van der Waals surface area contributed by atoms with Crippen LogP contribution in [-0.2, 0) is 23.3 Å². The van der Waals surface area contributed by atoms with Gasteiger partial charge in [-0.05, 0) is 17.7 Å². The normalized spacial score (nSPS) is 13.5. The van der Waals surface area contributed by atoms with Gasteiger partial charge in [0.25, 0.3) is 10.2 Å². The van der Waals surface area contributed by atoms with Crippen LogP contribution >= 0.6 is 0 Å². The molecule has 0 aliphatic carbocycles. The lowest BCUT2D eigenvalue weighted by atomic mass is 10.1. The summed E-state index contributed by atoms with van der Waals surface area (Å²) in [5.74, 6) is 1.90. The van der Waals surface area contributed by atoms with Crippen LogP contribution in [0.2, 0.25) is 0 Å². The Morgan fingerprint density at radius 1 is 1.11 bits per heavy atom. The summed E-state index contributed by atoms with van der Waals surface area (Å²) in [5, 5.41) is 5.96. The molecule has 0 bridgehead atoms. The van der Waals surface area contributed by atoms with Crippen LogP contribution in [0.4, 0.5) is 11.5 Å². The maximum atomic E-state index is 11.5. The van der Waals surface area contributed by atoms with E-state index < -0.39 is 10.2 Å². The minimum Gasteiger partial charge on any atom is -0.493 e. The van der Waals surface area contributed by atoms with Crippen LogP contribution < -0.4 is 24.2 Å². The molecular weight excluding hydrogens is 382 g/mol. The van der Waals surface area contributed by atoms with Crippen molar-refractivity contribution in [1.82, 2.24) is 9.97 Å². The second-order valence-electron chi connectivity index (χ2n) is 6.37. The maximum Gasteiger partial charge on any atom is 0.296 e. The Morgan fingerprint density at radius 2 is 1.86 bits per heavy atom. The minimum atomic E-state index is -3.86. The lowest BCUT2D eigenvalue weighted by molar-refractivity contribution is 0.356. The first-order valence-electron chi connectivity index (χ1n) is 8.42. The number of benzene rings is 2. The first kappa shape index (κ1) is 18.3. The summed E-state index contributed by atoms with van der Waals surface area (Å²) in [7, 11) is -0.711. The van der Waals surface area contributed by atoms with Crippen molar-refractivity contribution in [2.75, 3.05) is 23.8 Å². The van der Waals surface area contributed by atoms with Gasteiger partial charge in [-0.25, -0.2) is 15.1 Å². The van der Waals surface area contributed by atoms with Gasteiger partial charge in [0, 0.05) is 30.1 Å². The molecule has 3 aromatic rings. The molecule has 3 N–H and O–H groups in total. The van der Waals surface area contributed by atoms with Crippen molar-refractivity contribution >= 4 is 32.6 Å². The highest BCUT2D eigenvalue weighted by Crippen LogP contribution is 2.38. The Morgan fingerprint density at radius 3 is 2.57 bits per heavy atom. The van der Waals surface area contributed by atoms with Gasteiger partial charge < -0.3 is 14.4 Å². The lowest BCUT2D eigenvalue weighted by Crippen LogP contribution is -2.22. The molecule has 1 aromatic heterocycles. The number of fused-ring (bicyclic) bond motifs is 2. The van der Waals surface area contributed by atoms with Crippen LogP contribution in [-0.4, -0.2) is 32.6 Å². The molecule has 0 atom stereocenters. The lowest BCUT2D eigenvalue weighted by Gasteiger charge is -2.19. The van der Waals surface area contributed by atoms with E-state index in [0.29, 0.717) is 30.3 Å². The Hall–Kier alpha value is -3.11. The van der Waals surface area contributed by atoms with Gasteiger partial charge in [0.05, 0.1) is 25.4 Å². The topological polar surface area (TPSA) is 120 Å². The predicted octanol–water partition coefficient (Wildman–Crippen LogP) is 1.78. The number of hydrogen-bond acceptors (Lipinski definition) is 7. The van der Waals surface area contributed by atoms with E-state index in [1.54, 1.807) is 32.4 Å². The van der Waals surface area contributed by atoms with Crippen LogP contribution in [0.25, 0.3) is 10.9 Å². The summed E-state index contributed by atoms with van der Waals surface area (Å²) in [5.41, 5.74) is 3.06. The van der Waals surface area contributed by atoms with Crippen molar-refractivity contribution < 1.29 is 17.9 Å². The van der Waals surface area contributed by atoms with Gasteiger partial charge in [0.1, 0.15) is 12.1 Å². The van der Waals surface area contributed by atoms with Crippen molar-refractivity contribution in [2.24, 2.45) is 5.14 Å². The molecule has 9 nitrogen and oxygen atoms in total. The molecule has 1 aliphatic heterocycles. The molecule has 0 saturated heterocycles. The fraction of sp³-hybridized carbons (Fsp3) is 0.222. The van der Waals surface area contributed by atoms with Crippen molar-refractivity contribution in [1.29, 1.82) is 0 Å². The van der Waals surface area contributed by atoms with E-state index in [9.17, 15) is 8.42 Å². The molecule has 28 heavy (non-hydrogen) atoms. The first-order valence-corrected chi connectivity index (χ1v) is 9.97. The second-order valence-corrected chi connectivity index (χ2v) is 7.66. The third kappa shape index (κ3) is 3.27. The number of rotatable bonds is 5. The van der Waals surface area contributed by atoms with E-state index in [-0.39, 0.29) is 0 Å². The zero-order valence-electron chi connectivity index (χ0n) is 15.3. The Bertz CT molecular complexity index is 1170. The molecule has 0 radical (unpaired) electrons. The van der Waals surface area contributed by atoms with E-state index in [4.69, 9.17) is 14.6 Å². The smallest absolute Gasteiger partial charge is 0.296 e. The highest BCUT2D eigenvalue weighted by Gasteiger charge is 2.25. The number of nitrogens with two attached hydrogens (primary N) is 1. The van der Waals surface area contributed by atoms with E-state index in [1.165, 1.54) is 6.33 Å². The molecule has 1 aliphatic rings. The summed E-state index contributed by atoms with van der Waals surface area (Å²) < 4.78 is 36.1. The van der Waals surface area contributed by atoms with Crippen molar-refractivity contribution in [3.63, 3.8) is 0 Å². The SMILES string of the molecule is COc1cc2ncnc(N3Cc4cccc(NS(N)(=O)=O)c4C3)c2cc1OC. The average Bonchev–Trinajstić information content (AvgIpc) is 3.10. The molecule has 0 amide bonds. The van der Waals surface area contributed by atoms with E-state index in [1.807, 2.05) is 12.1 Å². The quantitative estimate of drug-likeness (QED) is 0.669. The number of ether oxygens (including phenoxy) is 2. The Kier molecular flexibility index (Phi) is 4.44. The van der Waals surface area contributed by atoms with Crippen molar-refractivity contribution in [2.45, 2.75) is 13.1 Å². The highest BCUT2D eigenvalue weighted by atomic mass is 32.2. The van der Waals surface area contributed by atoms with Crippen LogP contribution in [0.1, 0.15) is 11.1 Å². The summed E-state index contributed by atoms with van der Waals surface area (Å²) in [4.78, 5) is 10.8. The molecule has 0 saturated carbocycles.